The van der Waals surface area contributed by atoms with Gasteiger partial charge in [-0.1, -0.05) is 41.5 Å². The zero-order chi connectivity index (χ0) is 26.5. The largest absolute Gasteiger partial charge is 0.416 e. The molecule has 0 radical (unpaired) electrons. The second-order valence-corrected chi connectivity index (χ2v) is 23.9. The molecule has 0 aliphatic heterocycles. The standard InChI is InChI=1S/C28H50N4O2Si2/c1-27(2,3)35(7,8)33-18-21-15-22(16-24(21)34-36(9,10)28(4,5)6)32-14-13-23-25(29-17-20-11-12-20)30-19-31-26(23)32/h13-14,19-22,24H,11-12,15-18H2,1-10H3,(H,29,30,31). The molecule has 36 heavy (non-hydrogen) atoms. The Morgan fingerprint density at radius 2 is 1.64 bits per heavy atom. The highest BCUT2D eigenvalue weighted by atomic mass is 28.4. The van der Waals surface area contributed by atoms with Crippen LogP contribution >= 0.6 is 0 Å². The van der Waals surface area contributed by atoms with Crippen molar-refractivity contribution in [1.82, 2.24) is 14.5 Å². The number of rotatable bonds is 9. The fourth-order valence-corrected chi connectivity index (χ4v) is 7.12. The third kappa shape index (κ3) is 5.92. The molecule has 2 heterocycles. The summed E-state index contributed by atoms with van der Waals surface area (Å²) in [7, 11) is -3.74. The summed E-state index contributed by atoms with van der Waals surface area (Å²) in [6, 6.07) is 2.55. The monoisotopic (exact) mass is 530 g/mol. The average molecular weight is 531 g/mol. The van der Waals surface area contributed by atoms with Gasteiger partial charge in [-0.15, -0.1) is 0 Å². The van der Waals surface area contributed by atoms with Crippen LogP contribution in [0.4, 0.5) is 5.82 Å². The fraction of sp³-hybridized carbons (Fsp3) is 0.786. The van der Waals surface area contributed by atoms with Crippen molar-refractivity contribution in [2.24, 2.45) is 11.8 Å². The Bertz CT molecular complexity index is 1050. The first-order valence-corrected chi connectivity index (χ1v) is 19.8. The smallest absolute Gasteiger partial charge is 0.192 e. The van der Waals surface area contributed by atoms with Crippen molar-refractivity contribution in [1.29, 1.82) is 0 Å². The fourth-order valence-electron chi connectivity index (χ4n) is 4.66. The molecular formula is C28H50N4O2Si2. The summed E-state index contributed by atoms with van der Waals surface area (Å²) in [6.45, 7) is 25.2. The number of nitrogens with one attached hydrogen (secondary N) is 1. The number of hydrogen-bond acceptors (Lipinski definition) is 5. The maximum absolute atomic E-state index is 7.08. The Hall–Kier alpha value is -1.23. The lowest BCUT2D eigenvalue weighted by atomic mass is 10.1. The van der Waals surface area contributed by atoms with Gasteiger partial charge >= 0.3 is 0 Å². The normalized spacial score (nSPS) is 24.0. The Kier molecular flexibility index (Phi) is 7.58. The van der Waals surface area contributed by atoms with Gasteiger partial charge in [-0.3, -0.25) is 0 Å². The van der Waals surface area contributed by atoms with E-state index in [9.17, 15) is 0 Å². The van der Waals surface area contributed by atoms with Crippen LogP contribution < -0.4 is 5.32 Å². The summed E-state index contributed by atoms with van der Waals surface area (Å²) < 4.78 is 16.2. The van der Waals surface area contributed by atoms with E-state index in [0.717, 1.165) is 48.8 Å². The van der Waals surface area contributed by atoms with Crippen LogP contribution in [0.15, 0.2) is 18.6 Å². The molecule has 8 heteroatoms. The molecule has 1 N–H and O–H groups in total. The molecule has 2 aliphatic carbocycles. The summed E-state index contributed by atoms with van der Waals surface area (Å²) in [4.78, 5) is 9.29. The van der Waals surface area contributed by atoms with Crippen LogP contribution in [0, 0.1) is 11.8 Å². The van der Waals surface area contributed by atoms with Gasteiger partial charge in [0.25, 0.3) is 0 Å². The Labute approximate surface area is 221 Å². The number of fused-ring (bicyclic) bond motifs is 1. The van der Waals surface area contributed by atoms with Gasteiger partial charge in [0.05, 0.1) is 11.5 Å². The van der Waals surface area contributed by atoms with Crippen LogP contribution in [0.5, 0.6) is 0 Å². The topological polar surface area (TPSA) is 61.2 Å². The number of hydrogen-bond donors (Lipinski definition) is 1. The van der Waals surface area contributed by atoms with Gasteiger partial charge in [-0.05, 0) is 73.9 Å². The minimum atomic E-state index is -1.91. The van der Waals surface area contributed by atoms with Gasteiger partial charge in [-0.25, -0.2) is 9.97 Å². The SMILES string of the molecule is CC(C)(C)[Si](C)(C)OCC1CC(n2ccc3c(NCC4CC4)ncnc32)CC1O[Si](C)(C)C(C)(C)C. The third-order valence-corrected chi connectivity index (χ3v) is 18.5. The molecule has 202 valence electrons. The lowest BCUT2D eigenvalue weighted by Crippen LogP contribution is -2.46. The summed E-state index contributed by atoms with van der Waals surface area (Å²) in [5.41, 5.74) is 1.03. The van der Waals surface area contributed by atoms with Crippen LogP contribution in [0.25, 0.3) is 11.0 Å². The zero-order valence-electron chi connectivity index (χ0n) is 24.4. The van der Waals surface area contributed by atoms with E-state index in [1.807, 2.05) is 0 Å². The summed E-state index contributed by atoms with van der Waals surface area (Å²) in [5.74, 6) is 2.17. The van der Waals surface area contributed by atoms with E-state index in [0.29, 0.717) is 12.0 Å². The predicted molar refractivity (Wildman–Crippen MR) is 156 cm³/mol. The maximum atomic E-state index is 7.08. The first-order chi connectivity index (χ1) is 16.6. The molecule has 4 rings (SSSR count). The van der Waals surface area contributed by atoms with Crippen LogP contribution in [-0.2, 0) is 8.85 Å². The molecule has 2 aromatic rings. The second kappa shape index (κ2) is 9.82. The second-order valence-electron chi connectivity index (χ2n) is 14.4. The molecule has 0 spiro atoms. The average Bonchev–Trinajstić information content (AvgIpc) is 3.35. The highest BCUT2D eigenvalue weighted by Crippen LogP contribution is 2.45. The van der Waals surface area contributed by atoms with Gasteiger partial charge in [0.15, 0.2) is 16.6 Å². The molecule has 2 fully saturated rings. The molecule has 2 saturated carbocycles. The lowest BCUT2D eigenvalue weighted by molar-refractivity contribution is 0.101. The van der Waals surface area contributed by atoms with Gasteiger partial charge in [0, 0.05) is 31.3 Å². The van der Waals surface area contributed by atoms with E-state index in [2.05, 4.69) is 94.9 Å². The summed E-state index contributed by atoms with van der Waals surface area (Å²) >= 11 is 0. The van der Waals surface area contributed by atoms with Crippen molar-refractivity contribution in [3.8, 4) is 0 Å². The van der Waals surface area contributed by atoms with E-state index in [-0.39, 0.29) is 16.2 Å². The molecule has 6 nitrogen and oxygen atoms in total. The molecule has 0 aromatic carbocycles. The van der Waals surface area contributed by atoms with Crippen molar-refractivity contribution >= 4 is 33.5 Å². The molecule has 0 saturated heterocycles. The molecule has 0 bridgehead atoms. The number of aromatic nitrogens is 3. The molecular weight excluding hydrogens is 481 g/mol. The van der Waals surface area contributed by atoms with Crippen molar-refractivity contribution in [2.45, 2.75) is 116 Å². The summed E-state index contributed by atoms with van der Waals surface area (Å²) in [5, 5.41) is 5.09. The highest BCUT2D eigenvalue weighted by Gasteiger charge is 2.46. The predicted octanol–water partition coefficient (Wildman–Crippen LogP) is 7.62. The van der Waals surface area contributed by atoms with E-state index >= 15 is 0 Å². The third-order valence-electron chi connectivity index (χ3n) is 9.48. The Morgan fingerprint density at radius 3 is 2.25 bits per heavy atom. The highest BCUT2D eigenvalue weighted by molar-refractivity contribution is 6.74. The van der Waals surface area contributed by atoms with Crippen LogP contribution in [0.2, 0.25) is 36.3 Å². The van der Waals surface area contributed by atoms with Gasteiger partial charge in [0.2, 0.25) is 0 Å². The molecule has 2 aliphatic rings. The lowest BCUT2D eigenvalue weighted by Gasteiger charge is -2.41. The van der Waals surface area contributed by atoms with Gasteiger partial charge < -0.3 is 18.7 Å². The first-order valence-electron chi connectivity index (χ1n) is 14.0. The maximum Gasteiger partial charge on any atom is 0.192 e. The van der Waals surface area contributed by atoms with E-state index in [1.165, 1.54) is 12.8 Å². The van der Waals surface area contributed by atoms with Crippen molar-refractivity contribution in [2.75, 3.05) is 18.5 Å². The molecule has 2 aromatic heterocycles. The minimum absolute atomic E-state index is 0.186. The number of nitrogens with zero attached hydrogens (tertiary/aromatic N) is 3. The Morgan fingerprint density at radius 1 is 0.972 bits per heavy atom. The van der Waals surface area contributed by atoms with Gasteiger partial charge in [-0.2, -0.15) is 0 Å². The van der Waals surface area contributed by atoms with Crippen LogP contribution in [0.1, 0.15) is 73.3 Å². The first kappa shape index (κ1) is 27.8. The van der Waals surface area contributed by atoms with Crippen molar-refractivity contribution < 1.29 is 8.85 Å². The Balaban J connectivity index is 1.57. The van der Waals surface area contributed by atoms with E-state index in [1.54, 1.807) is 6.33 Å². The quantitative estimate of drug-likeness (QED) is 0.338. The van der Waals surface area contributed by atoms with Crippen LogP contribution in [-0.4, -0.2) is 50.4 Å². The van der Waals surface area contributed by atoms with Crippen molar-refractivity contribution in [3.05, 3.63) is 18.6 Å². The minimum Gasteiger partial charge on any atom is -0.416 e. The molecule has 3 unspecified atom stereocenters. The van der Waals surface area contributed by atoms with E-state index < -0.39 is 16.6 Å². The molecule has 3 atom stereocenters. The number of anilines is 1. The summed E-state index contributed by atoms with van der Waals surface area (Å²) in [6.07, 6.45) is 8.88. The van der Waals surface area contributed by atoms with Crippen molar-refractivity contribution in [3.63, 3.8) is 0 Å². The zero-order valence-corrected chi connectivity index (χ0v) is 26.4. The van der Waals surface area contributed by atoms with Crippen LogP contribution in [0.3, 0.4) is 0 Å². The van der Waals surface area contributed by atoms with Gasteiger partial charge in [0.1, 0.15) is 17.8 Å². The molecule has 0 amide bonds. The van der Waals surface area contributed by atoms with E-state index in [4.69, 9.17) is 13.8 Å².